The monoisotopic (exact) mass is 446 g/mol. The molecule has 3 aromatic rings. The average molecular weight is 447 g/mol. The molecule has 4 heterocycles. The van der Waals surface area contributed by atoms with E-state index in [1.807, 2.05) is 6.07 Å². The van der Waals surface area contributed by atoms with Crippen molar-refractivity contribution in [1.29, 1.82) is 0 Å². The fraction of sp³-hybridized carbons (Fsp3) is 0.308. The quantitative estimate of drug-likeness (QED) is 0.642. The maximum Gasteiger partial charge on any atom is 0.191 e. The highest BCUT2D eigenvalue weighted by Crippen LogP contribution is 2.51. The summed E-state index contributed by atoms with van der Waals surface area (Å²) in [6.45, 7) is 3.20. The third-order valence-corrected chi connectivity index (χ3v) is 7.85. The summed E-state index contributed by atoms with van der Waals surface area (Å²) in [6, 6.07) is 21.4. The van der Waals surface area contributed by atoms with E-state index in [4.69, 9.17) is 9.47 Å². The Kier molecular flexibility index (Phi) is 4.94. The zero-order valence-corrected chi connectivity index (χ0v) is 19.0. The number of fused-ring (bicyclic) bond motifs is 4. The fourth-order valence-electron chi connectivity index (χ4n) is 5.30. The van der Waals surface area contributed by atoms with Gasteiger partial charge in [0.05, 0.1) is 49.7 Å². The number of para-hydroxylation sites is 1. The summed E-state index contributed by atoms with van der Waals surface area (Å²) in [5, 5.41) is 4.49. The lowest BCUT2D eigenvalue weighted by atomic mass is 9.92. The first-order valence-electron chi connectivity index (χ1n) is 11.3. The van der Waals surface area contributed by atoms with Crippen molar-refractivity contribution in [2.75, 3.05) is 20.2 Å². The Morgan fingerprint density at radius 1 is 1.09 bits per heavy atom. The van der Waals surface area contributed by atoms with Crippen molar-refractivity contribution < 1.29 is 14.4 Å². The minimum absolute atomic E-state index is 0.127. The summed E-state index contributed by atoms with van der Waals surface area (Å²) in [7, 11) is 1.73. The van der Waals surface area contributed by atoms with Crippen molar-refractivity contribution >= 4 is 17.0 Å². The van der Waals surface area contributed by atoms with Crippen molar-refractivity contribution in [2.45, 2.75) is 31.2 Å². The lowest BCUT2D eigenvalue weighted by Gasteiger charge is -2.50. The van der Waals surface area contributed by atoms with E-state index in [1.165, 1.54) is 16.1 Å². The molecule has 3 aliphatic heterocycles. The smallest absolute Gasteiger partial charge is 0.191 e. The molecule has 6 rings (SSSR count). The van der Waals surface area contributed by atoms with Crippen molar-refractivity contribution in [3.05, 3.63) is 88.1 Å². The number of rotatable bonds is 4. The van der Waals surface area contributed by atoms with E-state index in [-0.39, 0.29) is 11.8 Å². The molecule has 2 aromatic carbocycles. The molecule has 1 saturated heterocycles. The number of nitrogens with one attached hydrogen (secondary N) is 2. The molecule has 0 amide bonds. The second-order valence-electron chi connectivity index (χ2n) is 8.82. The van der Waals surface area contributed by atoms with Gasteiger partial charge in [-0.15, -0.1) is 11.3 Å². The zero-order chi connectivity index (χ0) is 21.5. The number of ether oxygens (including phenoxy) is 2. The molecular weight excluding hydrogens is 418 g/mol. The highest BCUT2D eigenvalue weighted by atomic mass is 32.1. The molecule has 6 heteroatoms. The average Bonchev–Trinajstić information content (AvgIpc) is 3.52. The zero-order valence-electron chi connectivity index (χ0n) is 18.2. The highest BCUT2D eigenvalue weighted by Gasteiger charge is 2.53. The molecule has 164 valence electrons. The molecule has 0 unspecified atom stereocenters. The molecule has 1 atom stereocenters. The standard InChI is InChI=1S/C26H27N3O2S/c1-30-23-10-5-9-20-22-17-21(24-11-6-16-32-24)27-29(22)26(31-25(20)23)12-14-28(15-13-26)18-19-7-3-2-4-8-19/h2-11,16-17,22,27H,12-15,18H2,1H3/p+1/t22-/m1/s1. The van der Waals surface area contributed by atoms with Crippen molar-refractivity contribution in [1.82, 2.24) is 10.4 Å². The van der Waals surface area contributed by atoms with Crippen LogP contribution < -0.4 is 19.8 Å². The van der Waals surface area contributed by atoms with Gasteiger partial charge in [-0.3, -0.25) is 0 Å². The Morgan fingerprint density at radius 3 is 2.69 bits per heavy atom. The maximum absolute atomic E-state index is 6.86. The SMILES string of the molecule is COc1cccc2c1OC1(CC[NH+](Cc3ccccc3)CC1)N1NC(c3cccs3)=C[C@H]21. The van der Waals surface area contributed by atoms with Crippen LogP contribution in [0.1, 0.15) is 34.9 Å². The number of hydrogen-bond donors (Lipinski definition) is 2. The van der Waals surface area contributed by atoms with Crippen LogP contribution in [0.25, 0.3) is 5.70 Å². The van der Waals surface area contributed by atoms with Gasteiger partial charge in [0.25, 0.3) is 0 Å². The lowest BCUT2D eigenvalue weighted by molar-refractivity contribution is -0.921. The van der Waals surface area contributed by atoms with E-state index >= 15 is 0 Å². The third kappa shape index (κ3) is 3.30. The molecule has 1 fully saturated rings. The van der Waals surface area contributed by atoms with Gasteiger partial charge >= 0.3 is 0 Å². The van der Waals surface area contributed by atoms with Gasteiger partial charge in [0, 0.05) is 11.1 Å². The molecule has 3 aliphatic rings. The first kappa shape index (κ1) is 19.9. The Bertz CT molecular complexity index is 1120. The number of methoxy groups -OCH3 is 1. The second kappa shape index (κ2) is 7.96. The number of nitrogens with zero attached hydrogens (tertiary/aromatic N) is 1. The summed E-state index contributed by atoms with van der Waals surface area (Å²) in [5.74, 6) is 1.71. The summed E-state index contributed by atoms with van der Waals surface area (Å²) >= 11 is 1.76. The predicted octanol–water partition coefficient (Wildman–Crippen LogP) is 3.63. The minimum Gasteiger partial charge on any atom is -0.493 e. The fourth-order valence-corrected chi connectivity index (χ4v) is 6.00. The summed E-state index contributed by atoms with van der Waals surface area (Å²) in [5.41, 5.74) is 7.07. The summed E-state index contributed by atoms with van der Waals surface area (Å²) in [4.78, 5) is 2.87. The van der Waals surface area contributed by atoms with Crippen molar-refractivity contribution in [2.24, 2.45) is 0 Å². The Balaban J connectivity index is 1.31. The van der Waals surface area contributed by atoms with Gasteiger partial charge in [-0.1, -0.05) is 48.5 Å². The van der Waals surface area contributed by atoms with Gasteiger partial charge in [0.2, 0.25) is 0 Å². The van der Waals surface area contributed by atoms with Gasteiger partial charge in [-0.05, 0) is 23.6 Å². The molecule has 5 nitrogen and oxygen atoms in total. The molecule has 1 spiro atoms. The predicted molar refractivity (Wildman–Crippen MR) is 126 cm³/mol. The van der Waals surface area contributed by atoms with E-state index in [0.29, 0.717) is 0 Å². The first-order valence-corrected chi connectivity index (χ1v) is 12.2. The highest BCUT2D eigenvalue weighted by molar-refractivity contribution is 7.11. The van der Waals surface area contributed by atoms with E-state index in [0.717, 1.165) is 49.5 Å². The Labute approximate surface area is 192 Å². The van der Waals surface area contributed by atoms with Gasteiger partial charge in [-0.2, -0.15) is 5.01 Å². The van der Waals surface area contributed by atoms with E-state index < -0.39 is 0 Å². The topological polar surface area (TPSA) is 38.2 Å². The Hall–Kier alpha value is -2.80. The molecule has 0 bridgehead atoms. The number of hydrogen-bond acceptors (Lipinski definition) is 5. The maximum atomic E-state index is 6.86. The van der Waals surface area contributed by atoms with Crippen LogP contribution in [0.3, 0.4) is 0 Å². The number of piperidine rings is 1. The van der Waals surface area contributed by atoms with Crippen molar-refractivity contribution in [3.8, 4) is 11.5 Å². The summed E-state index contributed by atoms with van der Waals surface area (Å²) < 4.78 is 12.6. The number of benzene rings is 2. The van der Waals surface area contributed by atoms with Crippen LogP contribution in [0, 0.1) is 0 Å². The minimum atomic E-state index is -0.387. The normalized spacial score (nSPS) is 26.6. The summed E-state index contributed by atoms with van der Waals surface area (Å²) in [6.07, 6.45) is 4.26. The van der Waals surface area contributed by atoms with Crippen LogP contribution in [0.15, 0.2) is 72.1 Å². The third-order valence-electron chi connectivity index (χ3n) is 6.94. The van der Waals surface area contributed by atoms with Crippen LogP contribution in [-0.4, -0.2) is 30.9 Å². The van der Waals surface area contributed by atoms with Crippen LogP contribution >= 0.6 is 11.3 Å². The largest absolute Gasteiger partial charge is 0.493 e. The molecule has 32 heavy (non-hydrogen) atoms. The van der Waals surface area contributed by atoms with E-state index in [2.05, 4.69) is 76.5 Å². The molecule has 0 radical (unpaired) electrons. The number of thiophene rings is 1. The Morgan fingerprint density at radius 2 is 1.94 bits per heavy atom. The van der Waals surface area contributed by atoms with E-state index in [9.17, 15) is 0 Å². The number of hydrazine groups is 1. The van der Waals surface area contributed by atoms with Crippen LogP contribution in [0.2, 0.25) is 0 Å². The van der Waals surface area contributed by atoms with E-state index in [1.54, 1.807) is 23.3 Å². The van der Waals surface area contributed by atoms with Gasteiger partial charge in [0.15, 0.2) is 17.2 Å². The molecule has 1 aromatic heterocycles. The van der Waals surface area contributed by atoms with Crippen molar-refractivity contribution in [3.63, 3.8) is 0 Å². The van der Waals surface area contributed by atoms with Crippen LogP contribution in [0.5, 0.6) is 11.5 Å². The molecule has 2 N–H and O–H groups in total. The molecule has 0 saturated carbocycles. The van der Waals surface area contributed by atoms with Gasteiger partial charge < -0.3 is 19.8 Å². The number of quaternary nitrogens is 1. The molecule has 0 aliphatic carbocycles. The molecular formula is C26H28N3O2S+. The first-order chi connectivity index (χ1) is 15.8. The van der Waals surface area contributed by atoms with Gasteiger partial charge in [0.1, 0.15) is 6.54 Å². The lowest BCUT2D eigenvalue weighted by Crippen LogP contribution is -3.12. The number of likely N-dealkylation sites (tertiary alicyclic amines) is 1. The second-order valence-corrected chi connectivity index (χ2v) is 9.77. The van der Waals surface area contributed by atoms with Gasteiger partial charge in [-0.25, -0.2) is 0 Å². The van der Waals surface area contributed by atoms with Crippen LogP contribution in [-0.2, 0) is 6.54 Å². The van der Waals surface area contributed by atoms with Crippen LogP contribution in [0.4, 0.5) is 0 Å².